The zero-order chi connectivity index (χ0) is 15.9. The summed E-state index contributed by atoms with van der Waals surface area (Å²) in [6.07, 6.45) is 1.03. The standard InChI is InChI=1S/C15H11NO4S2/c1-3-12(17)19-8-9-20-14(18)13(16-2)15-21-10-6-4-5-7-11(10)22-15/h3-7H,1,8-9H2. The van der Waals surface area contributed by atoms with Crippen molar-refractivity contribution in [2.45, 2.75) is 9.79 Å². The molecule has 1 aromatic carbocycles. The summed E-state index contributed by atoms with van der Waals surface area (Å²) in [4.78, 5) is 28.1. The molecule has 0 bridgehead atoms. The third kappa shape index (κ3) is 3.93. The van der Waals surface area contributed by atoms with E-state index in [0.29, 0.717) is 4.24 Å². The largest absolute Gasteiger partial charge is 0.467 e. The molecule has 1 aliphatic heterocycles. The van der Waals surface area contributed by atoms with Crippen molar-refractivity contribution < 1.29 is 19.1 Å². The summed E-state index contributed by atoms with van der Waals surface area (Å²) < 4.78 is 10.2. The molecule has 0 aromatic heterocycles. The smallest absolute Gasteiger partial charge is 0.338 e. The van der Waals surface area contributed by atoms with Crippen LogP contribution in [0.2, 0.25) is 0 Å². The minimum absolute atomic E-state index is 0.0544. The molecule has 0 saturated heterocycles. The Balaban J connectivity index is 1.96. The third-order valence-electron chi connectivity index (χ3n) is 2.48. The average Bonchev–Trinajstić information content (AvgIpc) is 2.95. The normalized spacial score (nSPS) is 12.0. The van der Waals surface area contributed by atoms with Crippen molar-refractivity contribution in [1.29, 1.82) is 0 Å². The molecular formula is C15H11NO4S2. The minimum Gasteiger partial charge on any atom is -0.467 e. The summed E-state index contributed by atoms with van der Waals surface area (Å²) in [5, 5.41) is 0. The van der Waals surface area contributed by atoms with E-state index in [4.69, 9.17) is 16.0 Å². The third-order valence-corrected chi connectivity index (χ3v) is 5.02. The molecule has 0 amide bonds. The van der Waals surface area contributed by atoms with E-state index < -0.39 is 11.9 Å². The molecule has 1 aromatic rings. The van der Waals surface area contributed by atoms with Crippen LogP contribution in [0.1, 0.15) is 0 Å². The second kappa shape index (κ2) is 7.73. The van der Waals surface area contributed by atoms with Gasteiger partial charge in [-0.3, -0.25) is 4.79 Å². The molecule has 0 aliphatic carbocycles. The molecule has 7 heteroatoms. The van der Waals surface area contributed by atoms with Crippen LogP contribution >= 0.6 is 23.5 Å². The van der Waals surface area contributed by atoms with Gasteiger partial charge in [-0.05, 0) is 12.1 Å². The quantitative estimate of drug-likeness (QED) is 0.357. The summed E-state index contributed by atoms with van der Waals surface area (Å²) in [6, 6.07) is 7.67. The summed E-state index contributed by atoms with van der Waals surface area (Å²) in [5.41, 5.74) is -0.0544. The van der Waals surface area contributed by atoms with Crippen molar-refractivity contribution in [1.82, 2.24) is 0 Å². The second-order valence-electron chi connectivity index (χ2n) is 3.91. The van der Waals surface area contributed by atoms with Gasteiger partial charge in [0.1, 0.15) is 13.2 Å². The molecule has 0 N–H and O–H groups in total. The fourth-order valence-electron chi connectivity index (χ4n) is 1.51. The number of rotatable bonds is 5. The number of ether oxygens (including phenoxy) is 2. The highest BCUT2D eigenvalue weighted by Gasteiger charge is 2.25. The summed E-state index contributed by atoms with van der Waals surface area (Å²) in [6.45, 7) is 10.3. The van der Waals surface area contributed by atoms with E-state index in [0.717, 1.165) is 15.9 Å². The van der Waals surface area contributed by atoms with E-state index in [-0.39, 0.29) is 18.9 Å². The van der Waals surface area contributed by atoms with Crippen LogP contribution in [0.5, 0.6) is 0 Å². The Kier molecular flexibility index (Phi) is 5.69. The summed E-state index contributed by atoms with van der Waals surface area (Å²) >= 11 is 2.75. The van der Waals surface area contributed by atoms with Gasteiger partial charge < -0.3 is 9.47 Å². The van der Waals surface area contributed by atoms with Gasteiger partial charge in [0.15, 0.2) is 0 Å². The number of thioether (sulfide) groups is 2. The first-order valence-electron chi connectivity index (χ1n) is 6.18. The summed E-state index contributed by atoms with van der Waals surface area (Å²) in [5.74, 6) is -1.30. The Labute approximate surface area is 136 Å². The number of esters is 2. The van der Waals surface area contributed by atoms with Gasteiger partial charge in [-0.1, -0.05) is 42.2 Å². The monoisotopic (exact) mass is 333 g/mol. The lowest BCUT2D eigenvalue weighted by Crippen LogP contribution is -2.13. The van der Waals surface area contributed by atoms with Crippen molar-refractivity contribution >= 4 is 35.5 Å². The first kappa shape index (κ1) is 16.2. The van der Waals surface area contributed by atoms with Gasteiger partial charge in [-0.2, -0.15) is 0 Å². The van der Waals surface area contributed by atoms with E-state index in [9.17, 15) is 9.59 Å². The highest BCUT2D eigenvalue weighted by atomic mass is 32.2. The number of nitrogens with zero attached hydrogens (tertiary/aromatic N) is 1. The predicted molar refractivity (Wildman–Crippen MR) is 83.9 cm³/mol. The van der Waals surface area contributed by atoms with E-state index in [1.165, 1.54) is 23.5 Å². The Morgan fingerprint density at radius 1 is 1.18 bits per heavy atom. The van der Waals surface area contributed by atoms with E-state index in [2.05, 4.69) is 11.4 Å². The van der Waals surface area contributed by atoms with Gasteiger partial charge in [0, 0.05) is 15.9 Å². The van der Waals surface area contributed by atoms with E-state index in [1.807, 2.05) is 24.3 Å². The highest BCUT2D eigenvalue weighted by molar-refractivity contribution is 8.24. The van der Waals surface area contributed by atoms with Gasteiger partial charge >= 0.3 is 11.9 Å². The molecule has 0 saturated carbocycles. The lowest BCUT2D eigenvalue weighted by molar-refractivity contribution is -0.146. The van der Waals surface area contributed by atoms with Crippen molar-refractivity contribution in [2.24, 2.45) is 0 Å². The van der Waals surface area contributed by atoms with Crippen LogP contribution in [0, 0.1) is 6.57 Å². The molecule has 0 atom stereocenters. The zero-order valence-electron chi connectivity index (χ0n) is 11.4. The fraction of sp³-hybridized carbons (Fsp3) is 0.133. The molecule has 2 rings (SSSR count). The van der Waals surface area contributed by atoms with Crippen LogP contribution in [-0.2, 0) is 19.1 Å². The molecular weight excluding hydrogens is 322 g/mol. The maximum Gasteiger partial charge on any atom is 0.338 e. The van der Waals surface area contributed by atoms with Gasteiger partial charge in [-0.15, -0.1) is 0 Å². The highest BCUT2D eigenvalue weighted by Crippen LogP contribution is 2.52. The molecule has 0 unspecified atom stereocenters. The minimum atomic E-state index is -0.715. The van der Waals surface area contributed by atoms with Gasteiger partial charge in [-0.25, -0.2) is 9.64 Å². The lowest BCUT2D eigenvalue weighted by Gasteiger charge is -2.05. The molecule has 1 heterocycles. The number of fused-ring (bicyclic) bond motifs is 1. The Morgan fingerprint density at radius 3 is 2.32 bits per heavy atom. The molecule has 0 spiro atoms. The molecule has 0 radical (unpaired) electrons. The topological polar surface area (TPSA) is 57.0 Å². The van der Waals surface area contributed by atoms with Gasteiger partial charge in [0.05, 0.1) is 10.8 Å². The number of carbonyl (C=O) groups excluding carboxylic acids is 2. The van der Waals surface area contributed by atoms with Crippen molar-refractivity contribution in [3.8, 4) is 0 Å². The first-order valence-corrected chi connectivity index (χ1v) is 7.81. The number of hydrogen-bond donors (Lipinski definition) is 0. The van der Waals surface area contributed by atoms with Crippen LogP contribution in [0.3, 0.4) is 0 Å². The zero-order valence-corrected chi connectivity index (χ0v) is 13.0. The SMILES string of the molecule is [C-]#[N+]C(C(=O)OCCOC(=O)C=C)=C1Sc2ccccc2S1. The van der Waals surface area contributed by atoms with Crippen LogP contribution in [-0.4, -0.2) is 25.2 Å². The second-order valence-corrected chi connectivity index (χ2v) is 6.27. The number of benzene rings is 1. The van der Waals surface area contributed by atoms with Crippen molar-refractivity contribution in [2.75, 3.05) is 13.2 Å². The predicted octanol–water partition coefficient (Wildman–Crippen LogP) is 3.25. The Bertz CT molecular complexity index is 664. The van der Waals surface area contributed by atoms with Crippen LogP contribution < -0.4 is 0 Å². The summed E-state index contributed by atoms with van der Waals surface area (Å²) in [7, 11) is 0. The van der Waals surface area contributed by atoms with Crippen LogP contribution in [0.4, 0.5) is 0 Å². The molecule has 112 valence electrons. The molecule has 22 heavy (non-hydrogen) atoms. The number of hydrogen-bond acceptors (Lipinski definition) is 6. The Morgan fingerprint density at radius 2 is 1.77 bits per heavy atom. The Hall–Kier alpha value is -2.17. The van der Waals surface area contributed by atoms with Crippen molar-refractivity contribution in [3.05, 3.63) is 58.3 Å². The van der Waals surface area contributed by atoms with Crippen molar-refractivity contribution in [3.63, 3.8) is 0 Å². The molecule has 5 nitrogen and oxygen atoms in total. The van der Waals surface area contributed by atoms with E-state index >= 15 is 0 Å². The number of carbonyl (C=O) groups is 2. The van der Waals surface area contributed by atoms with E-state index in [1.54, 1.807) is 0 Å². The maximum absolute atomic E-state index is 11.9. The molecule has 1 aliphatic rings. The lowest BCUT2D eigenvalue weighted by atomic mass is 10.4. The van der Waals surface area contributed by atoms with Crippen LogP contribution in [0.15, 0.2) is 56.6 Å². The maximum atomic E-state index is 11.9. The fourth-order valence-corrected chi connectivity index (χ4v) is 3.95. The average molecular weight is 333 g/mol. The first-order chi connectivity index (χ1) is 10.7. The molecule has 0 fully saturated rings. The van der Waals surface area contributed by atoms with Gasteiger partial charge in [0.25, 0.3) is 5.70 Å². The van der Waals surface area contributed by atoms with Crippen LogP contribution in [0.25, 0.3) is 4.85 Å². The van der Waals surface area contributed by atoms with Gasteiger partial charge in [0.2, 0.25) is 0 Å².